The number of nitrogens with one attached hydrogen (secondary N) is 1. The van der Waals surface area contributed by atoms with Crippen LogP contribution in [0.15, 0.2) is 16.6 Å². The van der Waals surface area contributed by atoms with Crippen molar-refractivity contribution in [3.8, 4) is 0 Å². The standard InChI is InChI=1S/C8H10BrN3O3/c1-4(13)11-7-3-6(10)5(9)2-8(7)12(14)15/h2-4,11,13H,10H2,1H3. The second kappa shape index (κ2) is 4.45. The summed E-state index contributed by atoms with van der Waals surface area (Å²) in [6.45, 7) is 1.46. The van der Waals surface area contributed by atoms with Gasteiger partial charge in [0.15, 0.2) is 0 Å². The fourth-order valence-electron chi connectivity index (χ4n) is 1.07. The van der Waals surface area contributed by atoms with Crippen LogP contribution in [0, 0.1) is 10.1 Å². The lowest BCUT2D eigenvalue weighted by molar-refractivity contribution is -0.384. The quantitative estimate of drug-likeness (QED) is 0.337. The fraction of sp³-hybridized carbons (Fsp3) is 0.250. The van der Waals surface area contributed by atoms with Crippen LogP contribution >= 0.6 is 15.9 Å². The molecule has 6 nitrogen and oxygen atoms in total. The van der Waals surface area contributed by atoms with Gasteiger partial charge in [-0.1, -0.05) is 0 Å². The number of aliphatic hydroxyl groups excluding tert-OH is 1. The van der Waals surface area contributed by atoms with Gasteiger partial charge in [-0.05, 0) is 28.9 Å². The van der Waals surface area contributed by atoms with Gasteiger partial charge in [0.25, 0.3) is 5.69 Å². The van der Waals surface area contributed by atoms with E-state index in [4.69, 9.17) is 10.8 Å². The minimum absolute atomic E-state index is 0.142. The van der Waals surface area contributed by atoms with Gasteiger partial charge in [-0.15, -0.1) is 0 Å². The number of nitro groups is 1. The maximum absolute atomic E-state index is 10.7. The topological polar surface area (TPSA) is 101 Å². The normalized spacial score (nSPS) is 12.2. The van der Waals surface area contributed by atoms with Crippen LogP contribution < -0.4 is 11.1 Å². The summed E-state index contributed by atoms with van der Waals surface area (Å²) in [6.07, 6.45) is -0.885. The third kappa shape index (κ3) is 2.80. The maximum Gasteiger partial charge on any atom is 0.293 e. The Morgan fingerprint density at radius 1 is 1.67 bits per heavy atom. The molecule has 7 heteroatoms. The van der Waals surface area contributed by atoms with Crippen molar-refractivity contribution in [1.29, 1.82) is 0 Å². The van der Waals surface area contributed by atoms with Gasteiger partial charge in [0.2, 0.25) is 0 Å². The number of hydrogen-bond acceptors (Lipinski definition) is 5. The van der Waals surface area contributed by atoms with Gasteiger partial charge in [0, 0.05) is 16.2 Å². The minimum atomic E-state index is -0.885. The van der Waals surface area contributed by atoms with Crippen molar-refractivity contribution in [2.45, 2.75) is 13.2 Å². The molecule has 0 bridgehead atoms. The van der Waals surface area contributed by atoms with Gasteiger partial charge < -0.3 is 16.2 Å². The van der Waals surface area contributed by atoms with Crippen molar-refractivity contribution in [2.75, 3.05) is 11.1 Å². The van der Waals surface area contributed by atoms with Crippen LogP contribution in [0.1, 0.15) is 6.92 Å². The van der Waals surface area contributed by atoms with E-state index in [0.29, 0.717) is 10.2 Å². The van der Waals surface area contributed by atoms with E-state index in [0.717, 1.165) is 0 Å². The molecule has 0 aromatic heterocycles. The molecule has 1 rings (SSSR count). The highest BCUT2D eigenvalue weighted by Gasteiger charge is 2.17. The van der Waals surface area contributed by atoms with Crippen molar-refractivity contribution in [2.24, 2.45) is 0 Å². The van der Waals surface area contributed by atoms with Crippen LogP contribution in [0.3, 0.4) is 0 Å². The van der Waals surface area contributed by atoms with E-state index in [1.54, 1.807) is 0 Å². The number of aliphatic hydroxyl groups is 1. The third-order valence-electron chi connectivity index (χ3n) is 1.68. The van der Waals surface area contributed by atoms with E-state index in [9.17, 15) is 10.1 Å². The SMILES string of the molecule is CC(O)Nc1cc(N)c(Br)cc1[N+](=O)[O-]. The molecule has 4 N–H and O–H groups in total. The molecular weight excluding hydrogens is 266 g/mol. The van der Waals surface area contributed by atoms with Crippen LogP contribution in [0.25, 0.3) is 0 Å². The molecule has 82 valence electrons. The van der Waals surface area contributed by atoms with E-state index in [1.807, 2.05) is 0 Å². The molecule has 0 aliphatic carbocycles. The van der Waals surface area contributed by atoms with Crippen LogP contribution in [-0.4, -0.2) is 16.3 Å². The Morgan fingerprint density at radius 3 is 2.73 bits per heavy atom. The average molecular weight is 276 g/mol. The summed E-state index contributed by atoms with van der Waals surface area (Å²) < 4.78 is 0.449. The lowest BCUT2D eigenvalue weighted by Crippen LogP contribution is -2.14. The Kier molecular flexibility index (Phi) is 3.48. The molecule has 15 heavy (non-hydrogen) atoms. The largest absolute Gasteiger partial charge is 0.398 e. The third-order valence-corrected chi connectivity index (χ3v) is 2.36. The highest BCUT2D eigenvalue weighted by molar-refractivity contribution is 9.10. The highest BCUT2D eigenvalue weighted by atomic mass is 79.9. The number of benzene rings is 1. The summed E-state index contributed by atoms with van der Waals surface area (Å²) in [5.74, 6) is 0. The molecule has 0 fully saturated rings. The first kappa shape index (κ1) is 11.7. The summed E-state index contributed by atoms with van der Waals surface area (Å²) in [7, 11) is 0. The fourth-order valence-corrected chi connectivity index (χ4v) is 1.40. The van der Waals surface area contributed by atoms with Gasteiger partial charge in [0.1, 0.15) is 11.9 Å². The second-order valence-electron chi connectivity index (χ2n) is 2.97. The molecule has 1 atom stereocenters. The van der Waals surface area contributed by atoms with Crippen molar-refractivity contribution in [1.82, 2.24) is 0 Å². The monoisotopic (exact) mass is 275 g/mol. The van der Waals surface area contributed by atoms with Crippen LogP contribution in [-0.2, 0) is 0 Å². The number of nitrogens with two attached hydrogens (primary N) is 1. The molecule has 0 aliphatic rings. The predicted octanol–water partition coefficient (Wildman–Crippen LogP) is 1.69. The van der Waals surface area contributed by atoms with Gasteiger partial charge in [0.05, 0.1) is 4.92 Å². The molecule has 0 amide bonds. The van der Waals surface area contributed by atoms with E-state index >= 15 is 0 Å². The maximum atomic E-state index is 10.7. The molecule has 0 saturated heterocycles. The molecule has 1 aromatic carbocycles. The average Bonchev–Trinajstić information content (AvgIpc) is 2.09. The predicted molar refractivity (Wildman–Crippen MR) is 60.5 cm³/mol. The zero-order valence-electron chi connectivity index (χ0n) is 7.90. The smallest absolute Gasteiger partial charge is 0.293 e. The van der Waals surface area contributed by atoms with Gasteiger partial charge in [-0.3, -0.25) is 10.1 Å². The van der Waals surface area contributed by atoms with Crippen molar-refractivity contribution in [3.63, 3.8) is 0 Å². The summed E-state index contributed by atoms with van der Waals surface area (Å²) in [6, 6.07) is 2.69. The number of anilines is 2. The van der Waals surface area contributed by atoms with Crippen molar-refractivity contribution in [3.05, 3.63) is 26.7 Å². The van der Waals surface area contributed by atoms with Crippen LogP contribution in [0.5, 0.6) is 0 Å². The molecule has 0 saturated carbocycles. The van der Waals surface area contributed by atoms with E-state index in [1.165, 1.54) is 19.1 Å². The lowest BCUT2D eigenvalue weighted by atomic mass is 10.2. The summed E-state index contributed by atoms with van der Waals surface area (Å²) in [4.78, 5) is 10.1. The number of hydrogen-bond donors (Lipinski definition) is 3. The molecule has 0 spiro atoms. The molecule has 1 aromatic rings. The van der Waals surface area contributed by atoms with Gasteiger partial charge in [-0.2, -0.15) is 0 Å². The second-order valence-corrected chi connectivity index (χ2v) is 3.82. The molecular formula is C8H10BrN3O3. The summed E-state index contributed by atoms with van der Waals surface area (Å²) in [5, 5.41) is 22.3. The Bertz CT molecular complexity index is 395. The van der Waals surface area contributed by atoms with E-state index < -0.39 is 11.2 Å². The van der Waals surface area contributed by atoms with Gasteiger partial charge in [-0.25, -0.2) is 0 Å². The van der Waals surface area contributed by atoms with Crippen molar-refractivity contribution >= 4 is 33.0 Å². The molecule has 1 unspecified atom stereocenters. The van der Waals surface area contributed by atoms with Crippen molar-refractivity contribution < 1.29 is 10.0 Å². The van der Waals surface area contributed by atoms with E-state index in [2.05, 4.69) is 21.2 Å². The lowest BCUT2D eigenvalue weighted by Gasteiger charge is -2.10. The molecule has 0 heterocycles. The number of nitrogen functional groups attached to an aromatic ring is 1. The molecule has 0 radical (unpaired) electrons. The Labute approximate surface area is 94.4 Å². The van der Waals surface area contributed by atoms with Crippen LogP contribution in [0.2, 0.25) is 0 Å². The number of rotatable bonds is 3. The Hall–Kier alpha value is -1.34. The minimum Gasteiger partial charge on any atom is -0.398 e. The zero-order chi connectivity index (χ0) is 11.6. The van der Waals surface area contributed by atoms with E-state index in [-0.39, 0.29) is 11.4 Å². The Morgan fingerprint density at radius 2 is 2.27 bits per heavy atom. The van der Waals surface area contributed by atoms with Gasteiger partial charge >= 0.3 is 0 Å². The number of halogens is 1. The first-order valence-electron chi connectivity index (χ1n) is 4.10. The Balaban J connectivity index is 3.22. The van der Waals surface area contributed by atoms with Crippen LogP contribution in [0.4, 0.5) is 17.1 Å². The zero-order valence-corrected chi connectivity index (χ0v) is 9.48. The molecule has 0 aliphatic heterocycles. The number of nitrogens with zero attached hydrogens (tertiary/aromatic N) is 1. The highest BCUT2D eigenvalue weighted by Crippen LogP contribution is 2.33. The summed E-state index contributed by atoms with van der Waals surface area (Å²) >= 11 is 3.10. The summed E-state index contributed by atoms with van der Waals surface area (Å²) in [5.41, 5.74) is 5.99. The first-order valence-corrected chi connectivity index (χ1v) is 4.89. The number of nitro benzene ring substituents is 1. The first-order chi connectivity index (χ1) is 6.91.